The summed E-state index contributed by atoms with van der Waals surface area (Å²) in [6.07, 6.45) is 0. The van der Waals surface area contributed by atoms with E-state index in [-0.39, 0.29) is 22.8 Å². The molecule has 0 saturated heterocycles. The Kier molecular flexibility index (Phi) is 8.09. The molecule has 0 bridgehead atoms. The first-order valence-corrected chi connectivity index (χ1v) is 9.44. The second kappa shape index (κ2) is 10.5. The van der Waals surface area contributed by atoms with Crippen LogP contribution in [-0.4, -0.2) is 45.2 Å². The van der Waals surface area contributed by atoms with Crippen LogP contribution in [0.25, 0.3) is 0 Å². The van der Waals surface area contributed by atoms with Crippen LogP contribution in [0.1, 0.15) is 21.5 Å². The van der Waals surface area contributed by atoms with E-state index in [2.05, 4.69) is 5.32 Å². The van der Waals surface area contributed by atoms with Crippen molar-refractivity contribution in [3.63, 3.8) is 0 Å². The number of primary amides is 1. The van der Waals surface area contributed by atoms with Crippen LogP contribution in [-0.2, 0) is 14.3 Å². The van der Waals surface area contributed by atoms with Crippen LogP contribution >= 0.6 is 11.6 Å². The molecule has 2 rings (SSSR count). The summed E-state index contributed by atoms with van der Waals surface area (Å²) in [7, 11) is 2.70. The number of anilines is 1. The first-order valence-electron chi connectivity index (χ1n) is 9.07. The number of rotatable bonds is 9. The van der Waals surface area contributed by atoms with E-state index < -0.39 is 31.0 Å². The van der Waals surface area contributed by atoms with Crippen molar-refractivity contribution in [1.29, 1.82) is 0 Å². The number of halogens is 1. The zero-order chi connectivity index (χ0) is 23.1. The molecule has 2 amide bonds. The molecule has 3 N–H and O–H groups in total. The molecule has 31 heavy (non-hydrogen) atoms. The summed E-state index contributed by atoms with van der Waals surface area (Å²) >= 11 is 6.17. The van der Waals surface area contributed by atoms with Gasteiger partial charge in [-0.3, -0.25) is 9.59 Å². The van der Waals surface area contributed by atoms with E-state index in [1.54, 1.807) is 13.0 Å². The summed E-state index contributed by atoms with van der Waals surface area (Å²) in [5, 5.41) is 3.02. The second-order valence-electron chi connectivity index (χ2n) is 6.53. The molecule has 2 aromatic carbocycles. The molecular formula is C21H23ClN2O7. The van der Waals surface area contributed by atoms with Crippen molar-refractivity contribution in [1.82, 2.24) is 0 Å². The highest BCUT2D eigenvalue weighted by atomic mass is 35.5. The standard InChI is InChI=1S/C21H23ClN2O7/c1-11-5-12(2)19(14(22)6-11)24-18(26)10-31-21(27)13-7-15(28-3)20(16(8-13)29-4)30-9-17(23)25/h5-8H,9-10H2,1-4H3,(H2,23,25)(H,24,26). The maximum Gasteiger partial charge on any atom is 0.338 e. The van der Waals surface area contributed by atoms with Crippen molar-refractivity contribution in [3.8, 4) is 17.2 Å². The minimum Gasteiger partial charge on any atom is -0.493 e. The third-order valence-electron chi connectivity index (χ3n) is 4.09. The highest BCUT2D eigenvalue weighted by molar-refractivity contribution is 6.34. The van der Waals surface area contributed by atoms with Gasteiger partial charge in [0.05, 0.1) is 30.5 Å². The smallest absolute Gasteiger partial charge is 0.338 e. The fourth-order valence-electron chi connectivity index (χ4n) is 2.75. The van der Waals surface area contributed by atoms with Gasteiger partial charge in [-0.1, -0.05) is 17.7 Å². The van der Waals surface area contributed by atoms with Crippen molar-refractivity contribution in [3.05, 3.63) is 46.0 Å². The predicted octanol–water partition coefficient (Wildman–Crippen LogP) is 2.63. The Labute approximate surface area is 184 Å². The fourth-order valence-corrected chi connectivity index (χ4v) is 3.12. The lowest BCUT2D eigenvalue weighted by atomic mass is 10.1. The van der Waals surface area contributed by atoms with E-state index in [1.807, 2.05) is 13.0 Å². The molecule has 9 nitrogen and oxygen atoms in total. The number of hydrogen-bond acceptors (Lipinski definition) is 7. The fraction of sp³-hybridized carbons (Fsp3) is 0.286. The number of carbonyl (C=O) groups excluding carboxylic acids is 3. The van der Waals surface area contributed by atoms with Crippen LogP contribution in [0.15, 0.2) is 24.3 Å². The van der Waals surface area contributed by atoms with E-state index in [0.717, 1.165) is 11.1 Å². The first kappa shape index (κ1) is 23.8. The summed E-state index contributed by atoms with van der Waals surface area (Å²) in [4.78, 5) is 35.6. The van der Waals surface area contributed by atoms with E-state index in [9.17, 15) is 14.4 Å². The maximum absolute atomic E-state index is 12.4. The highest BCUT2D eigenvalue weighted by Gasteiger charge is 2.20. The van der Waals surface area contributed by atoms with Gasteiger partial charge in [0.1, 0.15) is 0 Å². The van der Waals surface area contributed by atoms with Gasteiger partial charge >= 0.3 is 5.97 Å². The Balaban J connectivity index is 2.11. The van der Waals surface area contributed by atoms with Crippen LogP contribution in [0.5, 0.6) is 17.2 Å². The summed E-state index contributed by atoms with van der Waals surface area (Å²) in [5.41, 5.74) is 7.33. The molecule has 0 atom stereocenters. The predicted molar refractivity (Wildman–Crippen MR) is 114 cm³/mol. The van der Waals surface area contributed by atoms with Crippen molar-refractivity contribution < 1.29 is 33.3 Å². The number of amides is 2. The number of aryl methyl sites for hydroxylation is 2. The molecule has 0 aliphatic heterocycles. The van der Waals surface area contributed by atoms with Gasteiger partial charge in [0.25, 0.3) is 11.8 Å². The van der Waals surface area contributed by atoms with Gasteiger partial charge < -0.3 is 30.0 Å². The zero-order valence-electron chi connectivity index (χ0n) is 17.5. The van der Waals surface area contributed by atoms with Crippen LogP contribution < -0.4 is 25.3 Å². The van der Waals surface area contributed by atoms with Crippen molar-refractivity contribution in [2.75, 3.05) is 32.8 Å². The van der Waals surface area contributed by atoms with Gasteiger partial charge in [-0.05, 0) is 43.2 Å². The molecule has 2 aromatic rings. The number of methoxy groups -OCH3 is 2. The molecular weight excluding hydrogens is 428 g/mol. The summed E-state index contributed by atoms with van der Waals surface area (Å²) < 4.78 is 20.8. The zero-order valence-corrected chi connectivity index (χ0v) is 18.3. The number of hydrogen-bond donors (Lipinski definition) is 2. The van der Waals surface area contributed by atoms with Gasteiger partial charge in [0, 0.05) is 0 Å². The summed E-state index contributed by atoms with van der Waals surface area (Å²) in [5.74, 6) is -1.69. The van der Waals surface area contributed by atoms with Gasteiger partial charge in [0.15, 0.2) is 24.7 Å². The molecule has 0 aliphatic carbocycles. The Morgan fingerprint density at radius 3 is 2.13 bits per heavy atom. The number of carbonyl (C=O) groups is 3. The van der Waals surface area contributed by atoms with Gasteiger partial charge in [-0.25, -0.2) is 4.79 Å². The Bertz CT molecular complexity index is 959. The van der Waals surface area contributed by atoms with Crippen molar-refractivity contribution in [2.24, 2.45) is 5.73 Å². The molecule has 10 heteroatoms. The van der Waals surface area contributed by atoms with Crippen molar-refractivity contribution >= 4 is 35.1 Å². The largest absolute Gasteiger partial charge is 0.493 e. The van der Waals surface area contributed by atoms with Crippen LogP contribution in [0.4, 0.5) is 5.69 Å². The van der Waals surface area contributed by atoms with Gasteiger partial charge in [-0.2, -0.15) is 0 Å². The molecule has 0 radical (unpaired) electrons. The Morgan fingerprint density at radius 1 is 1.00 bits per heavy atom. The van der Waals surface area contributed by atoms with Crippen LogP contribution in [0.2, 0.25) is 5.02 Å². The summed E-state index contributed by atoms with van der Waals surface area (Å²) in [6.45, 7) is 2.75. The number of nitrogens with two attached hydrogens (primary N) is 1. The minimum absolute atomic E-state index is 0.0532. The molecule has 0 heterocycles. The minimum atomic E-state index is -0.792. The molecule has 0 fully saturated rings. The van der Waals surface area contributed by atoms with E-state index in [4.69, 9.17) is 36.3 Å². The molecule has 166 valence electrons. The van der Waals surface area contributed by atoms with Gasteiger partial charge in [0.2, 0.25) is 5.75 Å². The van der Waals surface area contributed by atoms with Crippen LogP contribution in [0, 0.1) is 13.8 Å². The third kappa shape index (κ3) is 6.26. The lowest BCUT2D eigenvalue weighted by Gasteiger charge is -2.15. The quantitative estimate of drug-likeness (QED) is 0.562. The Morgan fingerprint density at radius 2 is 1.61 bits per heavy atom. The average Bonchev–Trinajstić information content (AvgIpc) is 2.72. The normalized spacial score (nSPS) is 10.2. The Hall–Kier alpha value is -3.46. The third-order valence-corrected chi connectivity index (χ3v) is 4.38. The molecule has 0 saturated carbocycles. The number of ether oxygens (including phenoxy) is 4. The lowest BCUT2D eigenvalue weighted by Crippen LogP contribution is -2.22. The lowest BCUT2D eigenvalue weighted by molar-refractivity contribution is -0.120. The average molecular weight is 451 g/mol. The number of esters is 1. The number of benzene rings is 2. The molecule has 0 aromatic heterocycles. The topological polar surface area (TPSA) is 126 Å². The molecule has 0 spiro atoms. The van der Waals surface area contributed by atoms with Crippen LogP contribution in [0.3, 0.4) is 0 Å². The second-order valence-corrected chi connectivity index (χ2v) is 6.94. The SMILES string of the molecule is COc1cc(C(=O)OCC(=O)Nc2c(C)cc(C)cc2Cl)cc(OC)c1OCC(N)=O. The molecule has 0 unspecified atom stereocenters. The summed E-state index contributed by atoms with van der Waals surface area (Å²) in [6, 6.07) is 6.25. The van der Waals surface area contributed by atoms with E-state index in [1.165, 1.54) is 26.4 Å². The van der Waals surface area contributed by atoms with Crippen molar-refractivity contribution in [2.45, 2.75) is 13.8 Å². The van der Waals surface area contributed by atoms with Gasteiger partial charge in [-0.15, -0.1) is 0 Å². The van der Waals surface area contributed by atoms with E-state index >= 15 is 0 Å². The first-order chi connectivity index (χ1) is 14.7. The number of nitrogens with one attached hydrogen (secondary N) is 1. The maximum atomic E-state index is 12.4. The highest BCUT2D eigenvalue weighted by Crippen LogP contribution is 2.38. The molecule has 0 aliphatic rings. The monoisotopic (exact) mass is 450 g/mol. The van der Waals surface area contributed by atoms with E-state index in [0.29, 0.717) is 10.7 Å².